The fraction of sp³-hybridized carbons (Fsp3) is 0. The molecule has 2 aromatic rings. The van der Waals surface area contributed by atoms with Gasteiger partial charge in [0.1, 0.15) is 0 Å². The summed E-state index contributed by atoms with van der Waals surface area (Å²) in [5.41, 5.74) is 3.60. The Kier molecular flexibility index (Phi) is 2.46. The predicted octanol–water partition coefficient (Wildman–Crippen LogP) is 3.80. The van der Waals surface area contributed by atoms with Crippen molar-refractivity contribution in [1.29, 1.82) is 0 Å². The highest BCUT2D eigenvalue weighted by Crippen LogP contribution is 2.19. The fourth-order valence-electron chi connectivity index (χ4n) is 1.39. The lowest BCUT2D eigenvalue weighted by Gasteiger charge is -2.01. The SMILES string of the molecule is C=Cc1ccc(-c2cc[c]cc2)cc1. The molecular weight excluding hydrogens is 168 g/mol. The van der Waals surface area contributed by atoms with Gasteiger partial charge in [-0.2, -0.15) is 0 Å². The number of hydrogen-bond acceptors (Lipinski definition) is 0. The molecule has 0 heterocycles. The summed E-state index contributed by atoms with van der Waals surface area (Å²) in [6.07, 6.45) is 1.85. The van der Waals surface area contributed by atoms with Gasteiger partial charge in [-0.1, -0.05) is 61.2 Å². The van der Waals surface area contributed by atoms with Crippen LogP contribution >= 0.6 is 0 Å². The van der Waals surface area contributed by atoms with Crippen LogP contribution in [0.25, 0.3) is 17.2 Å². The molecule has 67 valence electrons. The van der Waals surface area contributed by atoms with Gasteiger partial charge in [0.25, 0.3) is 0 Å². The topological polar surface area (TPSA) is 0 Å². The molecule has 0 unspecified atom stereocenters. The van der Waals surface area contributed by atoms with Gasteiger partial charge in [0, 0.05) is 0 Å². The molecule has 2 aromatic carbocycles. The maximum atomic E-state index is 3.73. The van der Waals surface area contributed by atoms with Crippen molar-refractivity contribution in [3.8, 4) is 11.1 Å². The zero-order valence-corrected chi connectivity index (χ0v) is 7.90. The molecule has 0 aliphatic rings. The minimum absolute atomic E-state index is 1.15. The lowest BCUT2D eigenvalue weighted by Crippen LogP contribution is -1.77. The first-order chi connectivity index (χ1) is 6.90. The maximum Gasteiger partial charge on any atom is -0.0184 e. The minimum Gasteiger partial charge on any atom is -0.0985 e. The van der Waals surface area contributed by atoms with Crippen molar-refractivity contribution in [3.05, 3.63) is 66.7 Å². The molecule has 0 N–H and O–H groups in total. The van der Waals surface area contributed by atoms with Crippen LogP contribution in [0.15, 0.2) is 55.1 Å². The standard InChI is InChI=1S/C14H11/c1-2-12-8-10-14(11-9-12)13-6-4-3-5-7-13/h2,4-11H,1H2. The van der Waals surface area contributed by atoms with E-state index in [4.69, 9.17) is 0 Å². The first-order valence-corrected chi connectivity index (χ1v) is 4.59. The average Bonchev–Trinajstić information content (AvgIpc) is 2.30. The zero-order valence-electron chi connectivity index (χ0n) is 7.90. The van der Waals surface area contributed by atoms with Crippen LogP contribution in [0.4, 0.5) is 0 Å². The molecule has 0 saturated carbocycles. The molecule has 0 nitrogen and oxygen atoms in total. The first kappa shape index (κ1) is 8.76. The molecular formula is C14H11. The van der Waals surface area contributed by atoms with Gasteiger partial charge >= 0.3 is 0 Å². The van der Waals surface area contributed by atoms with Crippen LogP contribution in [0.3, 0.4) is 0 Å². The second kappa shape index (κ2) is 3.93. The summed E-state index contributed by atoms with van der Waals surface area (Å²) >= 11 is 0. The molecule has 0 amide bonds. The van der Waals surface area contributed by atoms with Crippen LogP contribution < -0.4 is 0 Å². The molecule has 0 aliphatic heterocycles. The Bertz CT molecular complexity index is 410. The van der Waals surface area contributed by atoms with Crippen molar-refractivity contribution in [3.63, 3.8) is 0 Å². The molecule has 0 fully saturated rings. The monoisotopic (exact) mass is 179 g/mol. The van der Waals surface area contributed by atoms with Crippen molar-refractivity contribution in [2.75, 3.05) is 0 Å². The Morgan fingerprint density at radius 3 is 2.00 bits per heavy atom. The highest BCUT2D eigenvalue weighted by molar-refractivity contribution is 5.65. The van der Waals surface area contributed by atoms with Crippen molar-refractivity contribution in [1.82, 2.24) is 0 Å². The van der Waals surface area contributed by atoms with Crippen LogP contribution in [-0.2, 0) is 0 Å². The van der Waals surface area contributed by atoms with E-state index in [1.807, 2.05) is 18.2 Å². The summed E-state index contributed by atoms with van der Waals surface area (Å²) in [6, 6.07) is 19.3. The largest absolute Gasteiger partial charge is 0.0985 e. The molecule has 0 heteroatoms. The lowest BCUT2D eigenvalue weighted by molar-refractivity contribution is 1.60. The molecule has 0 atom stereocenters. The van der Waals surface area contributed by atoms with Gasteiger partial charge < -0.3 is 0 Å². The lowest BCUT2D eigenvalue weighted by atomic mass is 10.0. The highest BCUT2D eigenvalue weighted by atomic mass is 14.0. The summed E-state index contributed by atoms with van der Waals surface area (Å²) in [5.74, 6) is 0. The van der Waals surface area contributed by atoms with Crippen molar-refractivity contribution in [2.24, 2.45) is 0 Å². The quantitative estimate of drug-likeness (QED) is 0.657. The maximum absolute atomic E-state index is 3.73. The highest BCUT2D eigenvalue weighted by Gasteiger charge is 1.94. The Balaban J connectivity index is 2.39. The van der Waals surface area contributed by atoms with Gasteiger partial charge in [-0.05, 0) is 22.8 Å². The van der Waals surface area contributed by atoms with Crippen molar-refractivity contribution in [2.45, 2.75) is 0 Å². The van der Waals surface area contributed by atoms with E-state index in [2.05, 4.69) is 49.0 Å². The van der Waals surface area contributed by atoms with E-state index in [9.17, 15) is 0 Å². The van der Waals surface area contributed by atoms with E-state index in [1.54, 1.807) is 0 Å². The van der Waals surface area contributed by atoms with Crippen molar-refractivity contribution >= 4 is 6.08 Å². The smallest absolute Gasteiger partial charge is 0.0184 e. The van der Waals surface area contributed by atoms with Gasteiger partial charge in [-0.25, -0.2) is 0 Å². The molecule has 0 spiro atoms. The predicted molar refractivity (Wildman–Crippen MR) is 60.8 cm³/mol. The second-order valence-corrected chi connectivity index (χ2v) is 3.11. The third-order valence-corrected chi connectivity index (χ3v) is 2.20. The number of rotatable bonds is 2. The van der Waals surface area contributed by atoms with E-state index in [1.165, 1.54) is 11.1 Å². The summed E-state index contributed by atoms with van der Waals surface area (Å²) in [6.45, 7) is 3.73. The molecule has 0 aromatic heterocycles. The van der Waals surface area contributed by atoms with Gasteiger partial charge in [-0.15, -0.1) is 0 Å². The number of benzene rings is 2. The molecule has 0 saturated heterocycles. The molecule has 2 rings (SSSR count). The summed E-state index contributed by atoms with van der Waals surface area (Å²) in [5, 5.41) is 0. The Morgan fingerprint density at radius 2 is 1.43 bits per heavy atom. The fourth-order valence-corrected chi connectivity index (χ4v) is 1.39. The Hall–Kier alpha value is -1.82. The van der Waals surface area contributed by atoms with Gasteiger partial charge in [-0.3, -0.25) is 0 Å². The second-order valence-electron chi connectivity index (χ2n) is 3.11. The average molecular weight is 179 g/mol. The van der Waals surface area contributed by atoms with Crippen LogP contribution in [0.1, 0.15) is 5.56 Å². The van der Waals surface area contributed by atoms with Gasteiger partial charge in [0.15, 0.2) is 0 Å². The van der Waals surface area contributed by atoms with Gasteiger partial charge in [0.05, 0.1) is 0 Å². The van der Waals surface area contributed by atoms with Crippen LogP contribution in [0.5, 0.6) is 0 Å². The molecule has 0 aliphatic carbocycles. The van der Waals surface area contributed by atoms with E-state index in [0.717, 1.165) is 5.56 Å². The van der Waals surface area contributed by atoms with Crippen LogP contribution in [0, 0.1) is 6.07 Å². The molecule has 1 radical (unpaired) electrons. The third-order valence-electron chi connectivity index (χ3n) is 2.20. The molecule has 0 bridgehead atoms. The van der Waals surface area contributed by atoms with Crippen molar-refractivity contribution < 1.29 is 0 Å². The molecule has 14 heavy (non-hydrogen) atoms. The zero-order chi connectivity index (χ0) is 9.80. The van der Waals surface area contributed by atoms with E-state index >= 15 is 0 Å². The Morgan fingerprint density at radius 1 is 0.857 bits per heavy atom. The van der Waals surface area contributed by atoms with E-state index in [-0.39, 0.29) is 0 Å². The van der Waals surface area contributed by atoms with Crippen LogP contribution in [-0.4, -0.2) is 0 Å². The number of hydrogen-bond donors (Lipinski definition) is 0. The minimum atomic E-state index is 1.15. The third kappa shape index (κ3) is 1.74. The first-order valence-electron chi connectivity index (χ1n) is 4.59. The Labute approximate surface area is 84.5 Å². The van der Waals surface area contributed by atoms with Crippen LogP contribution in [0.2, 0.25) is 0 Å². The van der Waals surface area contributed by atoms with Gasteiger partial charge in [0.2, 0.25) is 0 Å². The van der Waals surface area contributed by atoms with E-state index in [0.29, 0.717) is 0 Å². The summed E-state index contributed by atoms with van der Waals surface area (Å²) in [4.78, 5) is 0. The normalized spacial score (nSPS) is 9.71. The summed E-state index contributed by atoms with van der Waals surface area (Å²) < 4.78 is 0. The summed E-state index contributed by atoms with van der Waals surface area (Å²) in [7, 11) is 0. The van der Waals surface area contributed by atoms with E-state index < -0.39 is 0 Å².